The lowest BCUT2D eigenvalue weighted by Gasteiger charge is -2.21. The number of aliphatic hydroxyl groups excluding tert-OH is 1. The van der Waals surface area contributed by atoms with Crippen LogP contribution in [0.2, 0.25) is 0 Å². The maximum atomic E-state index is 8.99. The molecule has 0 amide bonds. The highest BCUT2D eigenvalue weighted by Gasteiger charge is 2.05. The van der Waals surface area contributed by atoms with Gasteiger partial charge >= 0.3 is 0 Å². The van der Waals surface area contributed by atoms with Crippen molar-refractivity contribution < 1.29 is 5.11 Å². The molecule has 0 saturated carbocycles. The molecule has 0 saturated heterocycles. The van der Waals surface area contributed by atoms with Crippen LogP contribution in [0.4, 0.5) is 5.82 Å². The summed E-state index contributed by atoms with van der Waals surface area (Å²) in [5, 5.41) is 8.99. The molecule has 0 bridgehead atoms. The zero-order valence-corrected chi connectivity index (χ0v) is 9.89. The van der Waals surface area contributed by atoms with E-state index in [9.17, 15) is 0 Å². The van der Waals surface area contributed by atoms with Crippen LogP contribution in [-0.4, -0.2) is 34.7 Å². The molecule has 1 aromatic rings. The average molecular weight is 223 g/mol. The van der Waals surface area contributed by atoms with Gasteiger partial charge in [-0.1, -0.05) is 13.3 Å². The molecule has 0 aromatic carbocycles. The molecule has 0 unspecified atom stereocenters. The Balaban J connectivity index is 2.52. The summed E-state index contributed by atoms with van der Waals surface area (Å²) >= 11 is 0. The van der Waals surface area contributed by atoms with Gasteiger partial charge < -0.3 is 10.8 Å². The second-order valence-corrected chi connectivity index (χ2v) is 3.94. The summed E-state index contributed by atoms with van der Waals surface area (Å²) in [7, 11) is 0. The van der Waals surface area contributed by atoms with Crippen molar-refractivity contribution >= 4 is 5.82 Å². The van der Waals surface area contributed by atoms with E-state index in [0.29, 0.717) is 12.4 Å². The van der Waals surface area contributed by atoms with Gasteiger partial charge in [0, 0.05) is 19.3 Å². The van der Waals surface area contributed by atoms with Gasteiger partial charge in [-0.05, 0) is 30.7 Å². The first-order valence-electron chi connectivity index (χ1n) is 5.80. The molecule has 0 aliphatic heterocycles. The predicted octanol–water partition coefficient (Wildman–Crippen LogP) is 1.26. The molecule has 1 aromatic heterocycles. The van der Waals surface area contributed by atoms with Gasteiger partial charge in [-0.3, -0.25) is 4.90 Å². The molecule has 1 rings (SSSR count). The van der Waals surface area contributed by atoms with E-state index >= 15 is 0 Å². The zero-order valence-electron chi connectivity index (χ0n) is 9.89. The Morgan fingerprint density at radius 2 is 2.25 bits per heavy atom. The minimum Gasteiger partial charge on any atom is -0.395 e. The molecule has 0 spiro atoms. The minimum atomic E-state index is 0.199. The number of nitrogens with zero attached hydrogens (tertiary/aromatic N) is 2. The van der Waals surface area contributed by atoms with Gasteiger partial charge in [-0.2, -0.15) is 0 Å². The Hall–Kier alpha value is -1.13. The third-order valence-electron chi connectivity index (χ3n) is 2.50. The van der Waals surface area contributed by atoms with Crippen molar-refractivity contribution in [1.82, 2.24) is 9.88 Å². The van der Waals surface area contributed by atoms with Gasteiger partial charge in [0.25, 0.3) is 0 Å². The van der Waals surface area contributed by atoms with Crippen molar-refractivity contribution in [3.05, 3.63) is 23.9 Å². The molecule has 0 aliphatic rings. The normalized spacial score (nSPS) is 10.9. The Kier molecular flexibility index (Phi) is 5.82. The average Bonchev–Trinajstić information content (AvgIpc) is 2.26. The van der Waals surface area contributed by atoms with Crippen molar-refractivity contribution in [3.63, 3.8) is 0 Å². The van der Waals surface area contributed by atoms with E-state index in [4.69, 9.17) is 10.8 Å². The summed E-state index contributed by atoms with van der Waals surface area (Å²) in [6.45, 7) is 4.92. The number of nitrogen functional groups attached to an aromatic ring is 1. The number of nitrogens with two attached hydrogens (primary N) is 1. The summed E-state index contributed by atoms with van der Waals surface area (Å²) in [5.41, 5.74) is 6.78. The largest absolute Gasteiger partial charge is 0.395 e. The Bertz CT molecular complexity index is 304. The van der Waals surface area contributed by atoms with Crippen LogP contribution in [0, 0.1) is 0 Å². The number of unbranched alkanes of at least 4 members (excludes halogenated alkanes) is 1. The lowest BCUT2D eigenvalue weighted by atomic mass is 10.2. The van der Waals surface area contributed by atoms with Crippen molar-refractivity contribution in [1.29, 1.82) is 0 Å². The third kappa shape index (κ3) is 4.59. The molecule has 0 radical (unpaired) electrons. The Morgan fingerprint density at radius 3 is 2.88 bits per heavy atom. The number of hydrogen-bond donors (Lipinski definition) is 2. The molecule has 1 heterocycles. The Labute approximate surface area is 97.1 Å². The maximum Gasteiger partial charge on any atom is 0.123 e. The van der Waals surface area contributed by atoms with E-state index in [1.807, 2.05) is 12.1 Å². The van der Waals surface area contributed by atoms with Crippen LogP contribution in [-0.2, 0) is 6.54 Å². The zero-order chi connectivity index (χ0) is 11.8. The maximum absolute atomic E-state index is 8.99. The van der Waals surface area contributed by atoms with E-state index in [2.05, 4.69) is 16.8 Å². The number of anilines is 1. The molecule has 3 N–H and O–H groups in total. The first kappa shape index (κ1) is 12.9. The second-order valence-electron chi connectivity index (χ2n) is 3.94. The molecular weight excluding hydrogens is 202 g/mol. The van der Waals surface area contributed by atoms with Crippen LogP contribution in [0.3, 0.4) is 0 Å². The highest BCUT2D eigenvalue weighted by Crippen LogP contribution is 2.07. The van der Waals surface area contributed by atoms with Crippen molar-refractivity contribution in [2.24, 2.45) is 0 Å². The fraction of sp³-hybridized carbons (Fsp3) is 0.583. The van der Waals surface area contributed by atoms with Crippen LogP contribution in [0.25, 0.3) is 0 Å². The van der Waals surface area contributed by atoms with Gasteiger partial charge in [0.15, 0.2) is 0 Å². The number of rotatable bonds is 7. The van der Waals surface area contributed by atoms with Crippen molar-refractivity contribution in [2.75, 3.05) is 25.4 Å². The van der Waals surface area contributed by atoms with Gasteiger partial charge in [-0.25, -0.2) is 4.98 Å². The first-order valence-corrected chi connectivity index (χ1v) is 5.80. The number of hydrogen-bond acceptors (Lipinski definition) is 4. The number of aliphatic hydroxyl groups is 1. The second kappa shape index (κ2) is 7.19. The summed E-state index contributed by atoms with van der Waals surface area (Å²) in [6.07, 6.45) is 4.04. The molecule has 0 atom stereocenters. The minimum absolute atomic E-state index is 0.199. The monoisotopic (exact) mass is 223 g/mol. The molecule has 4 nitrogen and oxygen atoms in total. The molecular formula is C12H21N3O. The van der Waals surface area contributed by atoms with Crippen LogP contribution >= 0.6 is 0 Å². The fourth-order valence-electron chi connectivity index (χ4n) is 1.64. The van der Waals surface area contributed by atoms with Crippen LogP contribution in [0.5, 0.6) is 0 Å². The van der Waals surface area contributed by atoms with Crippen molar-refractivity contribution in [3.8, 4) is 0 Å². The van der Waals surface area contributed by atoms with Gasteiger partial charge in [0.2, 0.25) is 0 Å². The topological polar surface area (TPSA) is 62.4 Å². The van der Waals surface area contributed by atoms with E-state index < -0.39 is 0 Å². The SMILES string of the molecule is CCCCN(CCO)Cc1ccnc(N)c1. The van der Waals surface area contributed by atoms with Gasteiger partial charge in [0.1, 0.15) is 5.82 Å². The van der Waals surface area contributed by atoms with Gasteiger partial charge in [0.05, 0.1) is 6.61 Å². The fourth-order valence-corrected chi connectivity index (χ4v) is 1.64. The number of aromatic nitrogens is 1. The van der Waals surface area contributed by atoms with Crippen LogP contribution in [0.15, 0.2) is 18.3 Å². The molecule has 16 heavy (non-hydrogen) atoms. The predicted molar refractivity (Wildman–Crippen MR) is 65.9 cm³/mol. The standard InChI is InChI=1S/C12H21N3O/c1-2-3-6-15(7-8-16)10-11-4-5-14-12(13)9-11/h4-5,9,16H,2-3,6-8,10H2,1H3,(H2,13,14). The first-order chi connectivity index (χ1) is 7.76. The molecule has 90 valence electrons. The Morgan fingerprint density at radius 1 is 1.44 bits per heavy atom. The van der Waals surface area contributed by atoms with Gasteiger partial charge in [-0.15, -0.1) is 0 Å². The summed E-state index contributed by atoms with van der Waals surface area (Å²) in [6, 6.07) is 3.85. The highest BCUT2D eigenvalue weighted by molar-refractivity contribution is 5.31. The van der Waals surface area contributed by atoms with E-state index in [1.165, 1.54) is 6.42 Å². The smallest absolute Gasteiger partial charge is 0.123 e. The highest BCUT2D eigenvalue weighted by atomic mass is 16.3. The van der Waals surface area contributed by atoms with E-state index in [-0.39, 0.29) is 6.61 Å². The third-order valence-corrected chi connectivity index (χ3v) is 2.50. The molecule has 0 fully saturated rings. The lowest BCUT2D eigenvalue weighted by Crippen LogP contribution is -2.27. The quantitative estimate of drug-likeness (QED) is 0.730. The molecule has 4 heteroatoms. The molecule has 0 aliphatic carbocycles. The summed E-state index contributed by atoms with van der Waals surface area (Å²) in [5.74, 6) is 0.553. The summed E-state index contributed by atoms with van der Waals surface area (Å²) < 4.78 is 0. The lowest BCUT2D eigenvalue weighted by molar-refractivity contribution is 0.188. The van der Waals surface area contributed by atoms with Crippen LogP contribution in [0.1, 0.15) is 25.3 Å². The summed E-state index contributed by atoms with van der Waals surface area (Å²) in [4.78, 5) is 6.20. The van der Waals surface area contributed by atoms with E-state index in [1.54, 1.807) is 6.20 Å². The van der Waals surface area contributed by atoms with Crippen LogP contribution < -0.4 is 5.73 Å². The van der Waals surface area contributed by atoms with Crippen molar-refractivity contribution in [2.45, 2.75) is 26.3 Å². The van der Waals surface area contributed by atoms with E-state index in [0.717, 1.165) is 25.1 Å². The number of pyridine rings is 1.